The van der Waals surface area contributed by atoms with Crippen LogP contribution in [0.25, 0.3) is 0 Å². The molecule has 3 rings (SSSR count). The van der Waals surface area contributed by atoms with E-state index in [0.717, 1.165) is 18.5 Å². The summed E-state index contributed by atoms with van der Waals surface area (Å²) in [5.74, 6) is 1.23. The molecule has 1 aliphatic heterocycles. The van der Waals surface area contributed by atoms with Crippen LogP contribution in [0.3, 0.4) is 0 Å². The van der Waals surface area contributed by atoms with Gasteiger partial charge in [0.2, 0.25) is 5.89 Å². The molecule has 1 atom stereocenters. The molecule has 8 heteroatoms. The molecular weight excluding hydrogens is 310 g/mol. The van der Waals surface area contributed by atoms with E-state index < -0.39 is 0 Å². The smallest absolute Gasteiger partial charge is 0.272 e. The Morgan fingerprint density at radius 2 is 2.12 bits per heavy atom. The summed E-state index contributed by atoms with van der Waals surface area (Å²) in [6.07, 6.45) is 1.67. The van der Waals surface area contributed by atoms with Crippen LogP contribution >= 0.6 is 0 Å². The number of nitrogens with one attached hydrogen (secondary N) is 2. The topological polar surface area (TPSA) is 106 Å². The Morgan fingerprint density at radius 1 is 1.38 bits per heavy atom. The molecule has 1 amide bonds. The van der Waals surface area contributed by atoms with Gasteiger partial charge in [0, 0.05) is 18.9 Å². The van der Waals surface area contributed by atoms with E-state index in [9.17, 15) is 4.79 Å². The summed E-state index contributed by atoms with van der Waals surface area (Å²) in [5.41, 5.74) is 1.29. The van der Waals surface area contributed by atoms with Gasteiger partial charge in [0.05, 0.1) is 0 Å². The lowest BCUT2D eigenvalue weighted by Gasteiger charge is -2.28. The molecule has 0 aliphatic carbocycles. The average Bonchev–Trinajstić information content (AvgIpc) is 3.22. The normalized spacial score (nSPS) is 17.2. The van der Waals surface area contributed by atoms with E-state index in [1.165, 1.54) is 0 Å². The first-order chi connectivity index (χ1) is 11.5. The van der Waals surface area contributed by atoms with Gasteiger partial charge in [-0.3, -0.25) is 9.89 Å². The predicted octanol–water partition coefficient (Wildman–Crippen LogP) is 2.12. The second kappa shape index (κ2) is 7.12. The van der Waals surface area contributed by atoms with Crippen molar-refractivity contribution < 1.29 is 14.1 Å². The van der Waals surface area contributed by atoms with Crippen LogP contribution in [0.5, 0.6) is 0 Å². The third-order valence-corrected chi connectivity index (χ3v) is 4.29. The van der Waals surface area contributed by atoms with E-state index in [2.05, 4.69) is 25.7 Å². The largest absolute Gasteiger partial charge is 0.381 e. The summed E-state index contributed by atoms with van der Waals surface area (Å²) < 4.78 is 10.7. The van der Waals surface area contributed by atoms with Gasteiger partial charge in [0.25, 0.3) is 5.91 Å². The van der Waals surface area contributed by atoms with Gasteiger partial charge in [-0.2, -0.15) is 10.1 Å². The first-order valence-electron chi connectivity index (χ1n) is 8.28. The number of carbonyl (C=O) groups excluding carboxylic acids is 1. The van der Waals surface area contributed by atoms with E-state index >= 15 is 0 Å². The summed E-state index contributed by atoms with van der Waals surface area (Å²) in [7, 11) is 0. The quantitative estimate of drug-likeness (QED) is 0.868. The molecule has 0 spiro atoms. The van der Waals surface area contributed by atoms with Gasteiger partial charge in [-0.25, -0.2) is 0 Å². The lowest BCUT2D eigenvalue weighted by atomic mass is 9.91. The van der Waals surface area contributed by atoms with Crippen LogP contribution in [0.15, 0.2) is 10.6 Å². The number of aromatic amines is 1. The Kier molecular flexibility index (Phi) is 4.94. The Hall–Kier alpha value is -2.22. The minimum atomic E-state index is -0.332. The highest BCUT2D eigenvalue weighted by Gasteiger charge is 2.32. The summed E-state index contributed by atoms with van der Waals surface area (Å²) in [4.78, 5) is 16.9. The molecule has 0 aromatic carbocycles. The van der Waals surface area contributed by atoms with Crippen molar-refractivity contribution in [3.63, 3.8) is 0 Å². The van der Waals surface area contributed by atoms with Crippen LogP contribution in [0.4, 0.5) is 0 Å². The van der Waals surface area contributed by atoms with Crippen molar-refractivity contribution in [1.82, 2.24) is 25.7 Å². The number of ether oxygens (including phenoxy) is 1. The summed E-state index contributed by atoms with van der Waals surface area (Å²) in [6.45, 7) is 7.19. The van der Waals surface area contributed by atoms with Gasteiger partial charge in [0.1, 0.15) is 11.7 Å². The Balaban J connectivity index is 1.78. The maximum atomic E-state index is 12.6. The van der Waals surface area contributed by atoms with Crippen molar-refractivity contribution in [2.24, 2.45) is 5.92 Å². The minimum absolute atomic E-state index is 0.200. The van der Waals surface area contributed by atoms with Gasteiger partial charge in [0.15, 0.2) is 5.82 Å². The molecular formula is C16H23N5O3. The zero-order chi connectivity index (χ0) is 17.1. The fourth-order valence-corrected chi connectivity index (χ4v) is 2.83. The molecule has 2 N–H and O–H groups in total. The van der Waals surface area contributed by atoms with Gasteiger partial charge < -0.3 is 14.6 Å². The molecule has 0 bridgehead atoms. The van der Waals surface area contributed by atoms with E-state index in [1.807, 2.05) is 13.8 Å². The summed E-state index contributed by atoms with van der Waals surface area (Å²) in [5, 5.41) is 13.9. The van der Waals surface area contributed by atoms with E-state index in [4.69, 9.17) is 9.26 Å². The molecule has 0 unspecified atom stereocenters. The zero-order valence-corrected chi connectivity index (χ0v) is 14.2. The Labute approximate surface area is 140 Å². The van der Waals surface area contributed by atoms with Crippen LogP contribution < -0.4 is 5.32 Å². The maximum absolute atomic E-state index is 12.6. The minimum Gasteiger partial charge on any atom is -0.381 e. The lowest BCUT2D eigenvalue weighted by Crippen LogP contribution is -2.36. The highest BCUT2D eigenvalue weighted by molar-refractivity contribution is 5.92. The van der Waals surface area contributed by atoms with Crippen molar-refractivity contribution in [2.45, 2.75) is 45.6 Å². The molecule has 0 radical (unpaired) electrons. The summed E-state index contributed by atoms with van der Waals surface area (Å²) >= 11 is 0. The van der Waals surface area contributed by atoms with Crippen molar-refractivity contribution in [3.8, 4) is 0 Å². The first kappa shape index (κ1) is 16.6. The average molecular weight is 333 g/mol. The zero-order valence-electron chi connectivity index (χ0n) is 14.2. The molecule has 1 aliphatic rings. The number of aryl methyl sites for hydroxylation is 1. The van der Waals surface area contributed by atoms with Crippen molar-refractivity contribution >= 4 is 5.91 Å². The number of aromatic nitrogens is 4. The number of hydrogen-bond donors (Lipinski definition) is 2. The molecule has 0 saturated carbocycles. The molecule has 1 saturated heterocycles. The van der Waals surface area contributed by atoms with E-state index in [0.29, 0.717) is 30.6 Å². The molecule has 24 heavy (non-hydrogen) atoms. The van der Waals surface area contributed by atoms with Crippen LogP contribution in [0.1, 0.15) is 66.5 Å². The van der Waals surface area contributed by atoms with Crippen molar-refractivity contribution in [3.05, 3.63) is 29.2 Å². The Morgan fingerprint density at radius 3 is 2.71 bits per heavy atom. The molecule has 130 valence electrons. The molecule has 2 aromatic heterocycles. The van der Waals surface area contributed by atoms with Crippen LogP contribution in [-0.4, -0.2) is 39.5 Å². The van der Waals surface area contributed by atoms with E-state index in [1.54, 1.807) is 13.0 Å². The SMILES string of the molecule is Cc1noc([C@@H](NC(=O)c2cc(C(C)C)[nH]n2)C2CCOCC2)n1. The fraction of sp³-hybridized carbons (Fsp3) is 0.625. The molecule has 2 aromatic rings. The van der Waals surface area contributed by atoms with Gasteiger partial charge >= 0.3 is 0 Å². The highest BCUT2D eigenvalue weighted by Crippen LogP contribution is 2.29. The summed E-state index contributed by atoms with van der Waals surface area (Å²) in [6, 6.07) is 1.45. The highest BCUT2D eigenvalue weighted by atomic mass is 16.5. The van der Waals surface area contributed by atoms with Crippen LogP contribution in [0.2, 0.25) is 0 Å². The number of nitrogens with zero attached hydrogens (tertiary/aromatic N) is 3. The molecule has 3 heterocycles. The van der Waals surface area contributed by atoms with E-state index in [-0.39, 0.29) is 23.8 Å². The van der Waals surface area contributed by atoms with Crippen molar-refractivity contribution in [1.29, 1.82) is 0 Å². The molecule has 1 fully saturated rings. The third kappa shape index (κ3) is 3.64. The number of amides is 1. The number of carbonyl (C=O) groups is 1. The van der Waals surface area contributed by atoms with Crippen LogP contribution in [0, 0.1) is 12.8 Å². The number of rotatable bonds is 5. The maximum Gasteiger partial charge on any atom is 0.272 e. The third-order valence-electron chi connectivity index (χ3n) is 4.29. The fourth-order valence-electron chi connectivity index (χ4n) is 2.83. The Bertz CT molecular complexity index is 687. The van der Waals surface area contributed by atoms with Crippen LogP contribution in [-0.2, 0) is 4.74 Å². The van der Waals surface area contributed by atoms with Crippen molar-refractivity contribution in [2.75, 3.05) is 13.2 Å². The monoisotopic (exact) mass is 333 g/mol. The number of hydrogen-bond acceptors (Lipinski definition) is 6. The molecule has 8 nitrogen and oxygen atoms in total. The first-order valence-corrected chi connectivity index (χ1v) is 8.28. The predicted molar refractivity (Wildman–Crippen MR) is 85.5 cm³/mol. The second-order valence-electron chi connectivity index (χ2n) is 6.44. The van der Waals surface area contributed by atoms with Gasteiger partial charge in [-0.1, -0.05) is 19.0 Å². The standard InChI is InChI=1S/C16H23N5O3/c1-9(2)12-8-13(20-19-12)15(22)18-14(11-4-6-23-7-5-11)16-17-10(3)21-24-16/h8-9,11,14H,4-7H2,1-3H3,(H,18,22)(H,19,20)/t14-/m0/s1. The lowest BCUT2D eigenvalue weighted by molar-refractivity contribution is 0.0467. The van der Waals surface area contributed by atoms with Gasteiger partial charge in [-0.05, 0) is 37.7 Å². The number of H-pyrrole nitrogens is 1. The van der Waals surface area contributed by atoms with Gasteiger partial charge in [-0.15, -0.1) is 0 Å². The second-order valence-corrected chi connectivity index (χ2v) is 6.44.